The van der Waals surface area contributed by atoms with Crippen LogP contribution in [0.25, 0.3) is 0 Å². The fraction of sp³-hybridized carbons (Fsp3) is 0.400. The average molecular weight is 322 g/mol. The molecule has 2 aliphatic rings. The normalized spacial score (nSPS) is 24.8. The minimum absolute atomic E-state index is 0.0999. The van der Waals surface area contributed by atoms with E-state index in [0.717, 1.165) is 24.0 Å². The van der Waals surface area contributed by atoms with Crippen molar-refractivity contribution in [3.63, 3.8) is 0 Å². The highest BCUT2D eigenvalue weighted by Gasteiger charge is 2.54. The fourth-order valence-electron chi connectivity index (χ4n) is 4.02. The van der Waals surface area contributed by atoms with Gasteiger partial charge in [0.1, 0.15) is 0 Å². The van der Waals surface area contributed by atoms with E-state index in [0.29, 0.717) is 13.1 Å². The third-order valence-electron chi connectivity index (χ3n) is 5.58. The number of nitrogens with zero attached hydrogens (tertiary/aromatic N) is 2. The smallest absolute Gasteiger partial charge is 0.233 e. The van der Waals surface area contributed by atoms with Crippen molar-refractivity contribution in [1.82, 2.24) is 9.88 Å². The van der Waals surface area contributed by atoms with E-state index in [1.54, 1.807) is 12.4 Å². The van der Waals surface area contributed by atoms with Gasteiger partial charge in [0.15, 0.2) is 0 Å². The van der Waals surface area contributed by atoms with Gasteiger partial charge in [-0.3, -0.25) is 9.78 Å². The highest BCUT2D eigenvalue weighted by Crippen LogP contribution is 2.50. The van der Waals surface area contributed by atoms with Crippen molar-refractivity contribution in [1.29, 1.82) is 0 Å². The van der Waals surface area contributed by atoms with Crippen LogP contribution in [0.3, 0.4) is 0 Å². The second-order valence-electron chi connectivity index (χ2n) is 6.99. The summed E-state index contributed by atoms with van der Waals surface area (Å²) < 4.78 is 0. The molecular weight excluding hydrogens is 300 g/mol. The molecule has 1 aliphatic carbocycles. The quantitative estimate of drug-likeness (QED) is 0.940. The van der Waals surface area contributed by atoms with Gasteiger partial charge in [0.25, 0.3) is 0 Å². The number of amides is 1. The lowest BCUT2D eigenvalue weighted by molar-refractivity contribution is -0.133. The molecule has 2 aromatic rings. The van der Waals surface area contributed by atoms with E-state index < -0.39 is 0 Å². The Bertz CT molecular complexity index is 713. The highest BCUT2D eigenvalue weighted by molar-refractivity contribution is 5.91. The van der Waals surface area contributed by atoms with Gasteiger partial charge in [-0.15, -0.1) is 0 Å². The van der Waals surface area contributed by atoms with Gasteiger partial charge in [-0.2, -0.15) is 0 Å². The molecule has 2 atom stereocenters. The van der Waals surface area contributed by atoms with E-state index in [2.05, 4.69) is 17.1 Å². The largest absolute Gasteiger partial charge is 0.396 e. The van der Waals surface area contributed by atoms with Crippen molar-refractivity contribution in [2.75, 3.05) is 19.7 Å². The maximum Gasteiger partial charge on any atom is 0.233 e. The number of carbonyl (C=O) groups excluding carboxylic acids is 1. The molecule has 0 bridgehead atoms. The van der Waals surface area contributed by atoms with Crippen LogP contribution in [0.1, 0.15) is 29.9 Å². The van der Waals surface area contributed by atoms with Crippen LogP contribution in [-0.2, 0) is 10.2 Å². The Morgan fingerprint density at radius 3 is 2.46 bits per heavy atom. The van der Waals surface area contributed by atoms with Crippen LogP contribution < -0.4 is 0 Å². The lowest BCUT2D eigenvalue weighted by atomic mass is 9.90. The summed E-state index contributed by atoms with van der Waals surface area (Å²) in [5.74, 6) is 0.514. The number of pyridine rings is 1. The minimum Gasteiger partial charge on any atom is -0.396 e. The van der Waals surface area contributed by atoms with Crippen LogP contribution in [0.15, 0.2) is 54.9 Å². The van der Waals surface area contributed by atoms with Gasteiger partial charge >= 0.3 is 0 Å². The number of aliphatic hydroxyl groups is 1. The molecule has 1 aromatic carbocycles. The SMILES string of the molecule is O=C(N1C[C@@H](CO)[C@H](c2ccncc2)C1)C1(c2ccccc2)CC1. The van der Waals surface area contributed by atoms with Gasteiger partial charge in [0.05, 0.1) is 5.41 Å². The molecule has 1 N–H and O–H groups in total. The molecule has 0 unspecified atom stereocenters. The fourth-order valence-corrected chi connectivity index (χ4v) is 4.02. The van der Waals surface area contributed by atoms with Gasteiger partial charge in [0, 0.05) is 43.9 Å². The van der Waals surface area contributed by atoms with E-state index in [-0.39, 0.29) is 29.8 Å². The molecular formula is C20H22N2O2. The van der Waals surface area contributed by atoms with E-state index >= 15 is 0 Å². The van der Waals surface area contributed by atoms with E-state index in [1.165, 1.54) is 0 Å². The molecule has 4 nitrogen and oxygen atoms in total. The number of benzene rings is 1. The van der Waals surface area contributed by atoms with E-state index in [4.69, 9.17) is 0 Å². The number of aliphatic hydroxyl groups excluding tert-OH is 1. The highest BCUT2D eigenvalue weighted by atomic mass is 16.3. The third-order valence-corrected chi connectivity index (χ3v) is 5.58. The predicted octanol–water partition coefficient (Wildman–Crippen LogP) is 2.35. The zero-order valence-corrected chi connectivity index (χ0v) is 13.6. The molecule has 4 heteroatoms. The second kappa shape index (κ2) is 6.02. The van der Waals surface area contributed by atoms with Crippen LogP contribution >= 0.6 is 0 Å². The zero-order valence-electron chi connectivity index (χ0n) is 13.6. The Kier molecular flexibility index (Phi) is 3.85. The first kappa shape index (κ1) is 15.3. The summed E-state index contributed by atoms with van der Waals surface area (Å²) in [7, 11) is 0. The van der Waals surface area contributed by atoms with Gasteiger partial charge in [-0.1, -0.05) is 30.3 Å². The number of hydrogen-bond acceptors (Lipinski definition) is 3. The Balaban J connectivity index is 1.56. The first-order valence-corrected chi connectivity index (χ1v) is 8.60. The lowest BCUT2D eigenvalue weighted by Gasteiger charge is -2.23. The average Bonchev–Trinajstić information content (AvgIpc) is 3.35. The second-order valence-corrected chi connectivity index (χ2v) is 6.99. The molecule has 0 radical (unpaired) electrons. The van der Waals surface area contributed by atoms with Crippen LogP contribution in [0, 0.1) is 5.92 Å². The summed E-state index contributed by atoms with van der Waals surface area (Å²) in [5, 5.41) is 9.78. The summed E-state index contributed by atoms with van der Waals surface area (Å²) in [4.78, 5) is 19.2. The summed E-state index contributed by atoms with van der Waals surface area (Å²) in [5.41, 5.74) is 1.96. The van der Waals surface area contributed by atoms with Crippen molar-refractivity contribution in [2.45, 2.75) is 24.2 Å². The number of hydrogen-bond donors (Lipinski definition) is 1. The number of aromatic nitrogens is 1. The first-order chi connectivity index (χ1) is 11.7. The van der Waals surface area contributed by atoms with Crippen LogP contribution in [0.4, 0.5) is 0 Å². The Hall–Kier alpha value is -2.20. The molecule has 2 fully saturated rings. The summed E-state index contributed by atoms with van der Waals surface area (Å²) >= 11 is 0. The van der Waals surface area contributed by atoms with Crippen LogP contribution in [0.2, 0.25) is 0 Å². The van der Waals surface area contributed by atoms with Gasteiger partial charge in [-0.25, -0.2) is 0 Å². The van der Waals surface area contributed by atoms with Crippen molar-refractivity contribution in [3.05, 3.63) is 66.0 Å². The van der Waals surface area contributed by atoms with Crippen molar-refractivity contribution < 1.29 is 9.90 Å². The van der Waals surface area contributed by atoms with Crippen LogP contribution in [0.5, 0.6) is 0 Å². The van der Waals surface area contributed by atoms with Gasteiger partial charge in [0.2, 0.25) is 5.91 Å². The molecule has 2 heterocycles. The summed E-state index contributed by atoms with van der Waals surface area (Å²) in [6.07, 6.45) is 5.41. The standard InChI is InChI=1S/C20H22N2O2/c23-14-16-12-22(13-18(16)15-6-10-21-11-7-15)19(24)20(8-9-20)17-4-2-1-3-5-17/h1-7,10-11,16,18,23H,8-9,12-14H2/t16-,18-/m0/s1. The zero-order chi connectivity index (χ0) is 16.6. The number of carbonyl (C=O) groups is 1. The molecule has 124 valence electrons. The molecule has 4 rings (SSSR count). The first-order valence-electron chi connectivity index (χ1n) is 8.60. The molecule has 24 heavy (non-hydrogen) atoms. The molecule has 0 spiro atoms. The monoisotopic (exact) mass is 322 g/mol. The Labute approximate surface area is 142 Å². The molecule has 1 saturated heterocycles. The topological polar surface area (TPSA) is 53.4 Å². The summed E-state index contributed by atoms with van der Waals surface area (Å²) in [6.45, 7) is 1.43. The molecule has 1 aliphatic heterocycles. The predicted molar refractivity (Wildman–Crippen MR) is 91.5 cm³/mol. The molecule has 1 saturated carbocycles. The third kappa shape index (κ3) is 2.51. The van der Waals surface area contributed by atoms with Crippen molar-refractivity contribution >= 4 is 5.91 Å². The van der Waals surface area contributed by atoms with Crippen molar-refractivity contribution in [3.8, 4) is 0 Å². The van der Waals surface area contributed by atoms with Crippen molar-refractivity contribution in [2.24, 2.45) is 5.92 Å². The number of likely N-dealkylation sites (tertiary alicyclic amines) is 1. The minimum atomic E-state index is -0.325. The number of rotatable bonds is 4. The Morgan fingerprint density at radius 2 is 1.83 bits per heavy atom. The maximum atomic E-state index is 13.2. The van der Waals surface area contributed by atoms with Gasteiger partial charge in [-0.05, 0) is 36.1 Å². The lowest BCUT2D eigenvalue weighted by Crippen LogP contribution is -2.38. The Morgan fingerprint density at radius 1 is 1.12 bits per heavy atom. The van der Waals surface area contributed by atoms with E-state index in [1.807, 2.05) is 35.2 Å². The van der Waals surface area contributed by atoms with E-state index in [9.17, 15) is 9.90 Å². The van der Waals surface area contributed by atoms with Gasteiger partial charge < -0.3 is 10.0 Å². The van der Waals surface area contributed by atoms with Crippen LogP contribution in [-0.4, -0.2) is 40.6 Å². The maximum absolute atomic E-state index is 13.2. The molecule has 1 amide bonds. The molecule has 1 aromatic heterocycles. The summed E-state index contributed by atoms with van der Waals surface area (Å²) in [6, 6.07) is 14.1.